The molecule has 0 spiro atoms. The molecular formula is C16H23N2O+. The number of rotatable bonds is 3. The number of carbonyl (C=O) groups is 1. The van der Waals surface area contributed by atoms with Gasteiger partial charge in [0.05, 0.1) is 32.7 Å². The molecule has 1 amide bonds. The summed E-state index contributed by atoms with van der Waals surface area (Å²) in [4.78, 5) is 15.9. The minimum atomic E-state index is 0.180. The third-order valence-electron chi connectivity index (χ3n) is 3.78. The number of nitrogens with zero attached hydrogens (tertiary/aromatic N) is 1. The van der Waals surface area contributed by atoms with Gasteiger partial charge in [0.2, 0.25) is 5.91 Å². The van der Waals surface area contributed by atoms with Crippen LogP contribution in [0.2, 0.25) is 0 Å². The molecule has 1 aromatic carbocycles. The fourth-order valence-electron chi connectivity index (χ4n) is 2.49. The van der Waals surface area contributed by atoms with Crippen molar-refractivity contribution in [2.75, 3.05) is 32.7 Å². The van der Waals surface area contributed by atoms with Crippen molar-refractivity contribution >= 4 is 12.0 Å². The first kappa shape index (κ1) is 13.8. The Morgan fingerprint density at radius 3 is 2.47 bits per heavy atom. The van der Waals surface area contributed by atoms with E-state index in [1.54, 1.807) is 4.90 Å². The van der Waals surface area contributed by atoms with Gasteiger partial charge in [-0.3, -0.25) is 4.79 Å². The molecule has 0 radical (unpaired) electrons. The molecule has 0 unspecified atom stereocenters. The highest BCUT2D eigenvalue weighted by molar-refractivity contribution is 5.97. The zero-order valence-electron chi connectivity index (χ0n) is 11.9. The number of quaternary nitrogens is 1. The van der Waals surface area contributed by atoms with Crippen LogP contribution in [0, 0.1) is 0 Å². The maximum absolute atomic E-state index is 12.3. The molecule has 3 heteroatoms. The molecule has 0 saturated carbocycles. The standard InChI is InChI=1S/C16H22N2O/c1-3-17-9-11-18(12-10-17)16(19)14(2)13-15-7-5-4-6-8-15/h4-8,13H,3,9-12H2,1-2H3/p+1/b14-13+. The molecule has 1 aliphatic rings. The summed E-state index contributed by atoms with van der Waals surface area (Å²) in [6.45, 7) is 9.16. The first-order valence-corrected chi connectivity index (χ1v) is 7.07. The summed E-state index contributed by atoms with van der Waals surface area (Å²) in [6.07, 6.45) is 1.97. The number of nitrogens with one attached hydrogen (secondary N) is 1. The SMILES string of the molecule is CC[NH+]1CCN(C(=O)/C(C)=C/c2ccccc2)CC1. The highest BCUT2D eigenvalue weighted by Crippen LogP contribution is 2.09. The van der Waals surface area contributed by atoms with Crippen LogP contribution in [-0.4, -0.2) is 43.5 Å². The zero-order chi connectivity index (χ0) is 13.7. The predicted molar refractivity (Wildman–Crippen MR) is 77.9 cm³/mol. The van der Waals surface area contributed by atoms with E-state index in [2.05, 4.69) is 6.92 Å². The van der Waals surface area contributed by atoms with Gasteiger partial charge in [0, 0.05) is 5.57 Å². The highest BCUT2D eigenvalue weighted by Gasteiger charge is 2.23. The molecule has 0 bridgehead atoms. The number of hydrogen-bond donors (Lipinski definition) is 1. The predicted octanol–water partition coefficient (Wildman–Crippen LogP) is 0.837. The van der Waals surface area contributed by atoms with Gasteiger partial charge in [-0.1, -0.05) is 30.3 Å². The second kappa shape index (κ2) is 6.53. The first-order valence-electron chi connectivity index (χ1n) is 7.07. The normalized spacial score (nSPS) is 17.6. The fraction of sp³-hybridized carbons (Fsp3) is 0.438. The van der Waals surface area contributed by atoms with Gasteiger partial charge in [0.25, 0.3) is 0 Å². The van der Waals surface area contributed by atoms with Gasteiger partial charge in [-0.2, -0.15) is 0 Å². The average Bonchev–Trinajstić information content (AvgIpc) is 2.47. The van der Waals surface area contributed by atoms with E-state index in [1.165, 1.54) is 0 Å². The summed E-state index contributed by atoms with van der Waals surface area (Å²) in [5, 5.41) is 0. The van der Waals surface area contributed by atoms with Gasteiger partial charge in [0.15, 0.2) is 0 Å². The van der Waals surface area contributed by atoms with Crippen LogP contribution >= 0.6 is 0 Å². The molecule has 1 N–H and O–H groups in total. The Bertz CT molecular complexity index is 445. The lowest BCUT2D eigenvalue weighted by molar-refractivity contribution is -0.902. The lowest BCUT2D eigenvalue weighted by atomic mass is 10.1. The lowest BCUT2D eigenvalue weighted by Gasteiger charge is -2.31. The van der Waals surface area contributed by atoms with Crippen molar-refractivity contribution in [2.24, 2.45) is 0 Å². The molecule has 0 aliphatic carbocycles. The quantitative estimate of drug-likeness (QED) is 0.799. The van der Waals surface area contributed by atoms with E-state index in [0.29, 0.717) is 0 Å². The molecule has 19 heavy (non-hydrogen) atoms. The third kappa shape index (κ3) is 3.67. The third-order valence-corrected chi connectivity index (χ3v) is 3.78. The Hall–Kier alpha value is -1.61. The van der Waals surface area contributed by atoms with Gasteiger partial charge in [-0.05, 0) is 25.5 Å². The number of amides is 1. The minimum Gasteiger partial charge on any atom is -0.332 e. The van der Waals surface area contributed by atoms with Gasteiger partial charge in [-0.25, -0.2) is 0 Å². The van der Waals surface area contributed by atoms with E-state index in [1.807, 2.05) is 48.2 Å². The van der Waals surface area contributed by atoms with E-state index >= 15 is 0 Å². The molecule has 1 aromatic rings. The van der Waals surface area contributed by atoms with E-state index in [-0.39, 0.29) is 5.91 Å². The second-order valence-corrected chi connectivity index (χ2v) is 5.13. The van der Waals surface area contributed by atoms with E-state index in [0.717, 1.165) is 43.9 Å². The van der Waals surface area contributed by atoms with Crippen molar-refractivity contribution in [3.63, 3.8) is 0 Å². The number of piperazine rings is 1. The summed E-state index contributed by atoms with van der Waals surface area (Å²) in [5.41, 5.74) is 1.91. The van der Waals surface area contributed by atoms with Crippen molar-refractivity contribution in [2.45, 2.75) is 13.8 Å². The summed E-state index contributed by atoms with van der Waals surface area (Å²) >= 11 is 0. The first-order chi connectivity index (χ1) is 9.20. The summed E-state index contributed by atoms with van der Waals surface area (Å²) in [7, 11) is 0. The molecule has 1 fully saturated rings. The van der Waals surface area contributed by atoms with Crippen LogP contribution in [0.25, 0.3) is 6.08 Å². The lowest BCUT2D eigenvalue weighted by Crippen LogP contribution is -3.14. The van der Waals surface area contributed by atoms with Gasteiger partial charge in [0.1, 0.15) is 0 Å². The molecule has 1 saturated heterocycles. The molecular weight excluding hydrogens is 236 g/mol. The Balaban J connectivity index is 1.98. The van der Waals surface area contributed by atoms with Crippen LogP contribution in [0.3, 0.4) is 0 Å². The zero-order valence-corrected chi connectivity index (χ0v) is 11.9. The molecule has 3 nitrogen and oxygen atoms in total. The molecule has 2 rings (SSSR count). The summed E-state index contributed by atoms with van der Waals surface area (Å²) < 4.78 is 0. The Kier molecular flexibility index (Phi) is 4.74. The van der Waals surface area contributed by atoms with Crippen LogP contribution in [-0.2, 0) is 4.79 Å². The largest absolute Gasteiger partial charge is 0.332 e. The summed E-state index contributed by atoms with van der Waals surface area (Å²) in [5.74, 6) is 0.180. The van der Waals surface area contributed by atoms with Gasteiger partial charge >= 0.3 is 0 Å². The molecule has 0 atom stereocenters. The van der Waals surface area contributed by atoms with E-state index in [4.69, 9.17) is 0 Å². The fourth-order valence-corrected chi connectivity index (χ4v) is 2.49. The van der Waals surface area contributed by atoms with Crippen LogP contribution in [0.5, 0.6) is 0 Å². The number of carbonyl (C=O) groups excluding carboxylic acids is 1. The van der Waals surface area contributed by atoms with Crippen LogP contribution in [0.1, 0.15) is 19.4 Å². The van der Waals surface area contributed by atoms with Crippen LogP contribution in [0.4, 0.5) is 0 Å². The number of hydrogen-bond acceptors (Lipinski definition) is 1. The number of benzene rings is 1. The van der Waals surface area contributed by atoms with Gasteiger partial charge in [-0.15, -0.1) is 0 Å². The van der Waals surface area contributed by atoms with Crippen molar-refractivity contribution < 1.29 is 9.69 Å². The smallest absolute Gasteiger partial charge is 0.249 e. The van der Waals surface area contributed by atoms with Crippen LogP contribution in [0.15, 0.2) is 35.9 Å². The van der Waals surface area contributed by atoms with Crippen molar-refractivity contribution in [3.8, 4) is 0 Å². The van der Waals surface area contributed by atoms with Crippen molar-refractivity contribution in [1.82, 2.24) is 4.90 Å². The minimum absolute atomic E-state index is 0.180. The maximum Gasteiger partial charge on any atom is 0.249 e. The molecule has 1 heterocycles. The summed E-state index contributed by atoms with van der Waals surface area (Å²) in [6, 6.07) is 10.0. The Morgan fingerprint density at radius 2 is 1.89 bits per heavy atom. The molecule has 0 aromatic heterocycles. The second-order valence-electron chi connectivity index (χ2n) is 5.13. The van der Waals surface area contributed by atoms with E-state index < -0.39 is 0 Å². The number of likely N-dealkylation sites (N-methyl/N-ethyl adjacent to an activating group) is 1. The van der Waals surface area contributed by atoms with Gasteiger partial charge < -0.3 is 9.80 Å². The monoisotopic (exact) mass is 259 g/mol. The molecule has 1 aliphatic heterocycles. The highest BCUT2D eigenvalue weighted by atomic mass is 16.2. The Labute approximate surface area is 115 Å². The Morgan fingerprint density at radius 1 is 1.26 bits per heavy atom. The van der Waals surface area contributed by atoms with Crippen molar-refractivity contribution in [1.29, 1.82) is 0 Å². The van der Waals surface area contributed by atoms with Crippen LogP contribution < -0.4 is 4.90 Å². The average molecular weight is 259 g/mol. The molecule has 102 valence electrons. The van der Waals surface area contributed by atoms with E-state index in [9.17, 15) is 4.79 Å². The van der Waals surface area contributed by atoms with Crippen molar-refractivity contribution in [3.05, 3.63) is 41.5 Å². The maximum atomic E-state index is 12.3. The topological polar surface area (TPSA) is 24.8 Å².